The van der Waals surface area contributed by atoms with Gasteiger partial charge in [-0.3, -0.25) is 14.9 Å². The van der Waals surface area contributed by atoms with E-state index >= 15 is 0 Å². The summed E-state index contributed by atoms with van der Waals surface area (Å²) in [5, 5.41) is 6.08. The molecule has 0 unspecified atom stereocenters. The molecule has 2 N–H and O–H groups in total. The van der Waals surface area contributed by atoms with Crippen LogP contribution in [0.1, 0.15) is 22.8 Å². The fraction of sp³-hybridized carbons (Fsp3) is 0.167. The molecule has 126 valence electrons. The van der Waals surface area contributed by atoms with Gasteiger partial charge in [-0.2, -0.15) is 0 Å². The maximum Gasteiger partial charge on any atom is 0.262 e. The van der Waals surface area contributed by atoms with Crippen LogP contribution in [0, 0.1) is 0 Å². The molecule has 0 saturated carbocycles. The molecular weight excluding hydrogens is 338 g/mol. The van der Waals surface area contributed by atoms with Gasteiger partial charge in [-0.25, -0.2) is 4.98 Å². The zero-order valence-corrected chi connectivity index (χ0v) is 14.3. The number of nitrogens with zero attached hydrogens (tertiary/aromatic N) is 1. The molecule has 2 heterocycles. The van der Waals surface area contributed by atoms with E-state index in [9.17, 15) is 9.59 Å². The van der Waals surface area contributed by atoms with Gasteiger partial charge in [0, 0.05) is 5.56 Å². The standard InChI is InChI=1S/C18H15N3O3S/c1-2-10-3-5-13-15(7-10)25-18(20-13)21-17(23)11-4-6-12-14(8-11)24-9-16(22)19-12/h3-8H,2,9H2,1H3,(H,19,22)(H,20,21,23). The molecule has 0 aliphatic carbocycles. The fourth-order valence-electron chi connectivity index (χ4n) is 2.63. The molecule has 6 nitrogen and oxygen atoms in total. The Morgan fingerprint density at radius 2 is 2.20 bits per heavy atom. The van der Waals surface area contributed by atoms with Gasteiger partial charge in [0.05, 0.1) is 15.9 Å². The molecule has 0 spiro atoms. The number of benzene rings is 2. The molecule has 2 aromatic carbocycles. The third kappa shape index (κ3) is 3.06. The van der Waals surface area contributed by atoms with Crippen LogP contribution in [0.2, 0.25) is 0 Å². The predicted molar refractivity (Wildman–Crippen MR) is 97.5 cm³/mol. The summed E-state index contributed by atoms with van der Waals surface area (Å²) in [7, 11) is 0. The maximum absolute atomic E-state index is 12.5. The minimum Gasteiger partial charge on any atom is -0.482 e. The first-order valence-corrected chi connectivity index (χ1v) is 8.71. The lowest BCUT2D eigenvalue weighted by atomic mass is 10.1. The summed E-state index contributed by atoms with van der Waals surface area (Å²) in [5.41, 5.74) is 3.13. The van der Waals surface area contributed by atoms with E-state index in [-0.39, 0.29) is 18.4 Å². The molecule has 0 bridgehead atoms. The van der Waals surface area contributed by atoms with Gasteiger partial charge in [0.15, 0.2) is 11.7 Å². The van der Waals surface area contributed by atoms with Crippen LogP contribution in [-0.4, -0.2) is 23.4 Å². The largest absolute Gasteiger partial charge is 0.482 e. The van der Waals surface area contributed by atoms with E-state index in [1.807, 2.05) is 12.1 Å². The molecule has 3 aromatic rings. The summed E-state index contributed by atoms with van der Waals surface area (Å²) in [6.07, 6.45) is 0.960. The number of rotatable bonds is 3. The van der Waals surface area contributed by atoms with Gasteiger partial charge in [-0.1, -0.05) is 24.3 Å². The van der Waals surface area contributed by atoms with E-state index in [4.69, 9.17) is 4.74 Å². The Morgan fingerprint density at radius 1 is 1.32 bits per heavy atom. The quantitative estimate of drug-likeness (QED) is 0.756. The zero-order chi connectivity index (χ0) is 17.4. The number of amides is 2. The molecule has 0 radical (unpaired) electrons. The third-order valence-corrected chi connectivity index (χ3v) is 4.89. The minimum absolute atomic E-state index is 0.0459. The summed E-state index contributed by atoms with van der Waals surface area (Å²) in [6, 6.07) is 11.0. The summed E-state index contributed by atoms with van der Waals surface area (Å²) >= 11 is 1.45. The van der Waals surface area contributed by atoms with Crippen molar-refractivity contribution < 1.29 is 14.3 Å². The first-order chi connectivity index (χ1) is 12.1. The Kier molecular flexibility index (Phi) is 3.85. The highest BCUT2D eigenvalue weighted by atomic mass is 32.1. The summed E-state index contributed by atoms with van der Waals surface area (Å²) in [5.74, 6) is 0.0211. The monoisotopic (exact) mass is 353 g/mol. The fourth-order valence-corrected chi connectivity index (χ4v) is 3.55. The molecule has 4 rings (SSSR count). The number of aromatic nitrogens is 1. The number of thiazole rings is 1. The van der Waals surface area contributed by atoms with Crippen molar-refractivity contribution in [3.05, 3.63) is 47.5 Å². The van der Waals surface area contributed by atoms with Crippen molar-refractivity contribution in [3.8, 4) is 5.75 Å². The van der Waals surface area contributed by atoms with Gasteiger partial charge in [0.1, 0.15) is 5.75 Å². The van der Waals surface area contributed by atoms with E-state index in [1.165, 1.54) is 16.9 Å². The highest BCUT2D eigenvalue weighted by Gasteiger charge is 2.18. The SMILES string of the molecule is CCc1ccc2nc(NC(=O)c3ccc4c(c3)OCC(=O)N4)sc2c1. The second kappa shape index (κ2) is 6.18. The van der Waals surface area contributed by atoms with Crippen molar-refractivity contribution in [2.24, 2.45) is 0 Å². The Bertz CT molecular complexity index is 996. The molecule has 1 aliphatic rings. The molecule has 0 fully saturated rings. The molecule has 0 atom stereocenters. The number of ether oxygens (including phenoxy) is 1. The van der Waals surface area contributed by atoms with Crippen molar-refractivity contribution in [2.45, 2.75) is 13.3 Å². The first-order valence-electron chi connectivity index (χ1n) is 7.90. The second-order valence-corrected chi connectivity index (χ2v) is 6.71. The zero-order valence-electron chi connectivity index (χ0n) is 13.5. The number of aryl methyl sites for hydroxylation is 1. The number of hydrogen-bond donors (Lipinski definition) is 2. The smallest absolute Gasteiger partial charge is 0.262 e. The third-order valence-electron chi connectivity index (χ3n) is 3.96. The lowest BCUT2D eigenvalue weighted by Gasteiger charge is -2.18. The number of anilines is 2. The van der Waals surface area contributed by atoms with Gasteiger partial charge >= 0.3 is 0 Å². The minimum atomic E-state index is -0.266. The van der Waals surface area contributed by atoms with Crippen LogP contribution >= 0.6 is 11.3 Å². The predicted octanol–water partition coefficient (Wildman–Crippen LogP) is 3.44. The number of nitrogens with one attached hydrogen (secondary N) is 2. The first kappa shape index (κ1) is 15.6. The summed E-state index contributed by atoms with van der Waals surface area (Å²) in [4.78, 5) is 28.2. The van der Waals surface area contributed by atoms with E-state index in [2.05, 4.69) is 28.6 Å². The Balaban J connectivity index is 1.56. The molecule has 1 aliphatic heterocycles. The lowest BCUT2D eigenvalue weighted by Crippen LogP contribution is -2.25. The van der Waals surface area contributed by atoms with Crippen LogP contribution in [0.3, 0.4) is 0 Å². The van der Waals surface area contributed by atoms with E-state index in [0.29, 0.717) is 22.1 Å². The van der Waals surface area contributed by atoms with Crippen molar-refractivity contribution in [3.63, 3.8) is 0 Å². The Hall–Kier alpha value is -2.93. The van der Waals surface area contributed by atoms with Crippen LogP contribution in [0.25, 0.3) is 10.2 Å². The number of carbonyl (C=O) groups is 2. The highest BCUT2D eigenvalue weighted by Crippen LogP contribution is 2.30. The van der Waals surface area contributed by atoms with Crippen LogP contribution in [-0.2, 0) is 11.2 Å². The molecule has 25 heavy (non-hydrogen) atoms. The average molecular weight is 353 g/mol. The van der Waals surface area contributed by atoms with E-state index < -0.39 is 0 Å². The van der Waals surface area contributed by atoms with Crippen molar-refractivity contribution in [1.29, 1.82) is 0 Å². The van der Waals surface area contributed by atoms with E-state index in [0.717, 1.165) is 16.6 Å². The summed E-state index contributed by atoms with van der Waals surface area (Å²) in [6.45, 7) is 2.06. The van der Waals surface area contributed by atoms with Crippen molar-refractivity contribution in [1.82, 2.24) is 4.98 Å². The van der Waals surface area contributed by atoms with Crippen molar-refractivity contribution >= 4 is 44.2 Å². The summed E-state index contributed by atoms with van der Waals surface area (Å²) < 4.78 is 6.39. The van der Waals surface area contributed by atoms with Crippen LogP contribution in [0.4, 0.5) is 10.8 Å². The van der Waals surface area contributed by atoms with Gasteiger partial charge < -0.3 is 10.1 Å². The average Bonchev–Trinajstić information content (AvgIpc) is 3.02. The van der Waals surface area contributed by atoms with Gasteiger partial charge in [-0.15, -0.1) is 0 Å². The molecule has 7 heteroatoms. The van der Waals surface area contributed by atoms with Crippen LogP contribution in [0.15, 0.2) is 36.4 Å². The van der Waals surface area contributed by atoms with Gasteiger partial charge in [0.25, 0.3) is 11.8 Å². The number of carbonyl (C=O) groups excluding carboxylic acids is 2. The normalized spacial score (nSPS) is 13.1. The molecular formula is C18H15N3O3S. The highest BCUT2D eigenvalue weighted by molar-refractivity contribution is 7.22. The van der Waals surface area contributed by atoms with Gasteiger partial charge in [-0.05, 0) is 42.3 Å². The van der Waals surface area contributed by atoms with Gasteiger partial charge in [0.2, 0.25) is 0 Å². The Labute approximate surface area is 147 Å². The second-order valence-electron chi connectivity index (χ2n) is 5.68. The number of fused-ring (bicyclic) bond motifs is 2. The molecule has 1 aromatic heterocycles. The van der Waals surface area contributed by atoms with Crippen LogP contribution < -0.4 is 15.4 Å². The van der Waals surface area contributed by atoms with Crippen LogP contribution in [0.5, 0.6) is 5.75 Å². The lowest BCUT2D eigenvalue weighted by molar-refractivity contribution is -0.118. The maximum atomic E-state index is 12.5. The van der Waals surface area contributed by atoms with Crippen molar-refractivity contribution in [2.75, 3.05) is 17.2 Å². The van der Waals surface area contributed by atoms with E-state index in [1.54, 1.807) is 18.2 Å². The number of hydrogen-bond acceptors (Lipinski definition) is 5. The Morgan fingerprint density at radius 3 is 3.04 bits per heavy atom. The topological polar surface area (TPSA) is 80.3 Å². The molecule has 0 saturated heterocycles. The molecule has 2 amide bonds.